The van der Waals surface area contributed by atoms with Gasteiger partial charge in [-0.25, -0.2) is 0 Å². The summed E-state index contributed by atoms with van der Waals surface area (Å²) in [4.78, 5) is 0. The molecule has 2 nitrogen and oxygen atoms in total. The lowest BCUT2D eigenvalue weighted by molar-refractivity contribution is 0.381. The molecule has 0 aliphatic heterocycles. The van der Waals surface area contributed by atoms with Gasteiger partial charge < -0.3 is 24.8 Å². The Bertz CT molecular complexity index is 874. The standard InChI is InChI=1S/C30H46BO2P/c1-27(2,3)21-15-19(16-22(25(21)32-13)28(4,5)6)34(31)20-17-23(29(7,8)9)26(33-14)24(18-20)30(10,11)12/h15-18H,1-14H3/q-1. The summed E-state index contributed by atoms with van der Waals surface area (Å²) < 4.78 is 12.0. The average Bonchev–Trinajstić information content (AvgIpc) is 2.68. The zero-order valence-corrected chi connectivity index (χ0v) is 25.0. The molecule has 0 amide bonds. The molecule has 0 N–H and O–H groups in total. The predicted octanol–water partition coefficient (Wildman–Crippen LogP) is 7.41. The molecule has 0 saturated heterocycles. The molecule has 0 bridgehead atoms. The van der Waals surface area contributed by atoms with E-state index in [9.17, 15) is 0 Å². The van der Waals surface area contributed by atoms with Crippen molar-refractivity contribution in [3.05, 3.63) is 46.5 Å². The molecular weight excluding hydrogens is 434 g/mol. The Labute approximate surface area is 212 Å². The summed E-state index contributed by atoms with van der Waals surface area (Å²) in [6.45, 7) is 26.9. The molecule has 4 heteroatoms. The highest BCUT2D eigenvalue weighted by atomic mass is 31.1. The molecule has 0 spiro atoms. The van der Waals surface area contributed by atoms with Gasteiger partial charge in [-0.05, 0) is 21.7 Å². The van der Waals surface area contributed by atoms with E-state index in [1.165, 1.54) is 32.9 Å². The van der Waals surface area contributed by atoms with Crippen LogP contribution in [-0.2, 0) is 21.7 Å². The molecule has 34 heavy (non-hydrogen) atoms. The van der Waals surface area contributed by atoms with Crippen molar-refractivity contribution in [2.45, 2.75) is 105 Å². The van der Waals surface area contributed by atoms with E-state index >= 15 is 0 Å². The number of hydrogen-bond donors (Lipinski definition) is 0. The molecule has 0 saturated carbocycles. The van der Waals surface area contributed by atoms with E-state index in [0.717, 1.165) is 11.5 Å². The lowest BCUT2D eigenvalue weighted by Gasteiger charge is -2.37. The van der Waals surface area contributed by atoms with Gasteiger partial charge in [0.05, 0.1) is 14.2 Å². The lowest BCUT2D eigenvalue weighted by Crippen LogP contribution is -2.26. The predicted molar refractivity (Wildman–Crippen MR) is 153 cm³/mol. The number of rotatable bonds is 4. The van der Waals surface area contributed by atoms with Crippen LogP contribution in [0.15, 0.2) is 24.3 Å². The summed E-state index contributed by atoms with van der Waals surface area (Å²) in [7, 11) is 9.62. The van der Waals surface area contributed by atoms with Crippen LogP contribution in [0.1, 0.15) is 105 Å². The van der Waals surface area contributed by atoms with E-state index < -0.39 is 7.80 Å². The van der Waals surface area contributed by atoms with Crippen LogP contribution in [0.2, 0.25) is 0 Å². The van der Waals surface area contributed by atoms with E-state index in [1.807, 2.05) is 0 Å². The summed E-state index contributed by atoms with van der Waals surface area (Å²) in [6, 6.07) is 9.10. The monoisotopic (exact) mass is 480 g/mol. The van der Waals surface area contributed by atoms with E-state index in [0.29, 0.717) is 0 Å². The maximum Gasteiger partial charge on any atom is 0.126 e. The minimum atomic E-state index is -1.07. The molecule has 2 rings (SSSR count). The van der Waals surface area contributed by atoms with Gasteiger partial charge in [-0.15, -0.1) is 0 Å². The van der Waals surface area contributed by atoms with Gasteiger partial charge in [0.2, 0.25) is 0 Å². The Morgan fingerprint density at radius 2 is 0.706 bits per heavy atom. The molecule has 3 radical (unpaired) electrons. The van der Waals surface area contributed by atoms with E-state index in [2.05, 4.69) is 107 Å². The quantitative estimate of drug-likeness (QED) is 0.335. The summed E-state index contributed by atoms with van der Waals surface area (Å²) in [6.07, 6.45) is 0. The highest BCUT2D eigenvalue weighted by molar-refractivity contribution is 7.94. The van der Waals surface area contributed by atoms with Gasteiger partial charge in [-0.3, -0.25) is 0 Å². The first-order chi connectivity index (χ1) is 15.2. The topological polar surface area (TPSA) is 18.5 Å². The molecule has 0 atom stereocenters. The second-order valence-corrected chi connectivity index (χ2v) is 15.3. The lowest BCUT2D eigenvalue weighted by atomic mass is 9.79. The van der Waals surface area contributed by atoms with Crippen molar-refractivity contribution < 1.29 is 9.47 Å². The van der Waals surface area contributed by atoms with Crippen molar-refractivity contribution in [3.63, 3.8) is 0 Å². The third-order valence-corrected chi connectivity index (χ3v) is 7.97. The van der Waals surface area contributed by atoms with Gasteiger partial charge in [-0.1, -0.05) is 118 Å². The number of methoxy groups -OCH3 is 2. The van der Waals surface area contributed by atoms with Crippen molar-refractivity contribution in [1.82, 2.24) is 0 Å². The minimum absolute atomic E-state index is 0.0649. The van der Waals surface area contributed by atoms with Crippen molar-refractivity contribution in [2.24, 2.45) is 0 Å². The molecular formula is C30H46BO2P-. The summed E-state index contributed by atoms with van der Waals surface area (Å²) in [5.41, 5.74) is 4.56. The van der Waals surface area contributed by atoms with E-state index in [1.54, 1.807) is 14.2 Å². The van der Waals surface area contributed by atoms with Crippen LogP contribution in [0.5, 0.6) is 11.5 Å². The van der Waals surface area contributed by atoms with Crippen molar-refractivity contribution in [1.29, 1.82) is 0 Å². The molecule has 0 fully saturated rings. The second kappa shape index (κ2) is 9.53. The smallest absolute Gasteiger partial charge is 0.126 e. The molecule has 0 unspecified atom stereocenters. The van der Waals surface area contributed by atoms with Crippen LogP contribution >= 0.6 is 7.80 Å². The second-order valence-electron chi connectivity index (χ2n) is 13.5. The van der Waals surface area contributed by atoms with Crippen LogP contribution in [0.25, 0.3) is 0 Å². The van der Waals surface area contributed by atoms with Gasteiger partial charge in [0, 0.05) is 22.3 Å². The first-order valence-electron chi connectivity index (χ1n) is 12.2. The Hall–Kier alpha value is -1.47. The molecule has 2 aromatic rings. The number of ether oxygens (including phenoxy) is 2. The fourth-order valence-corrected chi connectivity index (χ4v) is 5.69. The molecule has 0 aliphatic carbocycles. The minimum Gasteiger partial charge on any atom is -0.567 e. The fraction of sp³-hybridized carbons (Fsp3) is 0.600. The Morgan fingerprint density at radius 1 is 0.500 bits per heavy atom. The van der Waals surface area contributed by atoms with Crippen molar-refractivity contribution in [2.75, 3.05) is 14.2 Å². The molecule has 2 aromatic carbocycles. The Morgan fingerprint density at radius 3 is 0.853 bits per heavy atom. The number of benzene rings is 2. The Kier molecular flexibility index (Phi) is 8.07. The molecule has 0 heterocycles. The van der Waals surface area contributed by atoms with E-state index in [-0.39, 0.29) is 21.7 Å². The molecule has 0 aromatic heterocycles. The van der Waals surface area contributed by atoms with Gasteiger partial charge >= 0.3 is 0 Å². The normalized spacial score (nSPS) is 13.4. The zero-order chi connectivity index (χ0) is 26.4. The van der Waals surface area contributed by atoms with Gasteiger partial charge in [0.1, 0.15) is 11.5 Å². The summed E-state index contributed by atoms with van der Waals surface area (Å²) in [5, 5.41) is 2.35. The van der Waals surface area contributed by atoms with Crippen LogP contribution in [0, 0.1) is 0 Å². The van der Waals surface area contributed by atoms with Gasteiger partial charge in [0.25, 0.3) is 0 Å². The maximum absolute atomic E-state index is 7.13. The zero-order valence-electron chi connectivity index (χ0n) is 24.2. The van der Waals surface area contributed by atoms with Crippen LogP contribution in [-0.4, -0.2) is 21.8 Å². The highest BCUT2D eigenvalue weighted by Crippen LogP contribution is 2.44. The average molecular weight is 480 g/mol. The van der Waals surface area contributed by atoms with Crippen LogP contribution < -0.4 is 20.1 Å². The molecule has 187 valence electrons. The Balaban J connectivity index is 2.90. The van der Waals surface area contributed by atoms with Crippen molar-refractivity contribution >= 4 is 26.0 Å². The highest BCUT2D eigenvalue weighted by Gasteiger charge is 2.29. The van der Waals surface area contributed by atoms with Crippen LogP contribution in [0.4, 0.5) is 0 Å². The first-order valence-corrected chi connectivity index (χ1v) is 13.7. The van der Waals surface area contributed by atoms with Crippen molar-refractivity contribution in [3.8, 4) is 11.5 Å². The maximum atomic E-state index is 7.13. The van der Waals surface area contributed by atoms with Crippen LogP contribution in [0.3, 0.4) is 0 Å². The fourth-order valence-electron chi connectivity index (χ4n) is 4.32. The third kappa shape index (κ3) is 6.02. The summed E-state index contributed by atoms with van der Waals surface area (Å²) in [5.74, 6) is 1.96. The van der Waals surface area contributed by atoms with Gasteiger partial charge in [-0.2, -0.15) is 0 Å². The largest absolute Gasteiger partial charge is 0.567 e. The molecule has 0 aliphatic rings. The third-order valence-electron chi connectivity index (χ3n) is 6.34. The summed E-state index contributed by atoms with van der Waals surface area (Å²) >= 11 is 0. The van der Waals surface area contributed by atoms with E-state index in [4.69, 9.17) is 17.0 Å². The SMILES string of the molecule is [B-]P(c1cc(C(C)(C)C)c(OC)c(C(C)(C)C)c1)c1cc(C(C)(C)C)c(OC)c(C(C)(C)C)c1. The number of hydrogen-bond acceptors (Lipinski definition) is 2. The van der Waals surface area contributed by atoms with Gasteiger partial charge in [0.15, 0.2) is 0 Å². The first kappa shape index (κ1) is 28.8.